The third-order valence-corrected chi connectivity index (χ3v) is 2.23. The van der Waals surface area contributed by atoms with Gasteiger partial charge in [-0.05, 0) is 29.2 Å². The van der Waals surface area contributed by atoms with Gasteiger partial charge in [-0.25, -0.2) is 4.79 Å². The summed E-state index contributed by atoms with van der Waals surface area (Å²) in [5.41, 5.74) is 2.05. The standard InChI is InChI=1S/C13H13NO2/c1-9(2)12(7-13(15)16)11-5-3-4-10(6-11)8-14/h3-7,9H,1-2H3,(H,15,16)/b12-7-. The van der Waals surface area contributed by atoms with Gasteiger partial charge in [0.2, 0.25) is 0 Å². The minimum absolute atomic E-state index is 0.102. The van der Waals surface area contributed by atoms with Crippen molar-refractivity contribution in [2.75, 3.05) is 0 Å². The second-order valence-electron chi connectivity index (χ2n) is 3.79. The largest absolute Gasteiger partial charge is 0.478 e. The van der Waals surface area contributed by atoms with E-state index in [1.165, 1.54) is 6.08 Å². The van der Waals surface area contributed by atoms with Crippen LogP contribution in [-0.2, 0) is 4.79 Å². The lowest BCUT2D eigenvalue weighted by Crippen LogP contribution is -1.99. The Morgan fingerprint density at radius 1 is 1.50 bits per heavy atom. The maximum atomic E-state index is 10.7. The summed E-state index contributed by atoms with van der Waals surface area (Å²) < 4.78 is 0. The predicted octanol–water partition coefficient (Wildman–Crippen LogP) is 2.68. The molecule has 1 N–H and O–H groups in total. The Labute approximate surface area is 94.6 Å². The van der Waals surface area contributed by atoms with Crippen molar-refractivity contribution in [3.63, 3.8) is 0 Å². The number of nitriles is 1. The van der Waals surface area contributed by atoms with Crippen molar-refractivity contribution >= 4 is 11.5 Å². The number of nitrogens with zero attached hydrogens (tertiary/aromatic N) is 1. The maximum absolute atomic E-state index is 10.7. The van der Waals surface area contributed by atoms with E-state index in [1.807, 2.05) is 26.0 Å². The van der Waals surface area contributed by atoms with Gasteiger partial charge in [-0.1, -0.05) is 26.0 Å². The topological polar surface area (TPSA) is 61.1 Å². The monoisotopic (exact) mass is 215 g/mol. The van der Waals surface area contributed by atoms with Crippen LogP contribution >= 0.6 is 0 Å². The number of hydrogen-bond donors (Lipinski definition) is 1. The van der Waals surface area contributed by atoms with Gasteiger partial charge in [-0.3, -0.25) is 0 Å². The van der Waals surface area contributed by atoms with Crippen LogP contribution in [0.25, 0.3) is 5.57 Å². The molecule has 0 saturated heterocycles. The molecular formula is C13H13NO2. The van der Waals surface area contributed by atoms with Gasteiger partial charge in [0.15, 0.2) is 0 Å². The number of allylic oxidation sites excluding steroid dienone is 1. The van der Waals surface area contributed by atoms with E-state index < -0.39 is 5.97 Å². The Balaban J connectivity index is 3.22. The van der Waals surface area contributed by atoms with E-state index in [2.05, 4.69) is 0 Å². The third-order valence-electron chi connectivity index (χ3n) is 2.23. The highest BCUT2D eigenvalue weighted by atomic mass is 16.4. The molecule has 0 spiro atoms. The quantitative estimate of drug-likeness (QED) is 0.788. The molecule has 0 unspecified atom stereocenters. The number of benzene rings is 1. The Morgan fingerprint density at radius 3 is 2.69 bits per heavy atom. The highest BCUT2D eigenvalue weighted by Gasteiger charge is 2.09. The molecule has 0 aliphatic rings. The van der Waals surface area contributed by atoms with Gasteiger partial charge >= 0.3 is 5.97 Å². The molecule has 0 radical (unpaired) electrons. The number of aliphatic carboxylic acids is 1. The summed E-state index contributed by atoms with van der Waals surface area (Å²) in [4.78, 5) is 10.7. The summed E-state index contributed by atoms with van der Waals surface area (Å²) in [6, 6.07) is 9.01. The first-order valence-electron chi connectivity index (χ1n) is 4.99. The molecule has 3 heteroatoms. The lowest BCUT2D eigenvalue weighted by Gasteiger charge is -2.10. The number of rotatable bonds is 3. The van der Waals surface area contributed by atoms with Crippen LogP contribution in [0, 0.1) is 17.2 Å². The summed E-state index contributed by atoms with van der Waals surface area (Å²) in [6.07, 6.45) is 1.20. The molecule has 0 aliphatic carbocycles. The highest BCUT2D eigenvalue weighted by Crippen LogP contribution is 2.23. The van der Waals surface area contributed by atoms with Gasteiger partial charge in [-0.2, -0.15) is 5.26 Å². The first kappa shape index (κ1) is 12.0. The zero-order valence-corrected chi connectivity index (χ0v) is 9.27. The van der Waals surface area contributed by atoms with E-state index in [0.717, 1.165) is 11.1 Å². The van der Waals surface area contributed by atoms with E-state index >= 15 is 0 Å². The van der Waals surface area contributed by atoms with E-state index in [0.29, 0.717) is 5.56 Å². The molecule has 3 nitrogen and oxygen atoms in total. The van der Waals surface area contributed by atoms with Gasteiger partial charge in [0.1, 0.15) is 0 Å². The minimum atomic E-state index is -0.967. The summed E-state index contributed by atoms with van der Waals surface area (Å²) in [5.74, 6) is -0.865. The molecule has 0 fully saturated rings. The van der Waals surface area contributed by atoms with Crippen LogP contribution in [0.1, 0.15) is 25.0 Å². The Morgan fingerprint density at radius 2 is 2.19 bits per heavy atom. The molecule has 0 aromatic heterocycles. The molecule has 1 aromatic rings. The molecule has 82 valence electrons. The van der Waals surface area contributed by atoms with Gasteiger partial charge in [0.25, 0.3) is 0 Å². The zero-order chi connectivity index (χ0) is 12.1. The smallest absolute Gasteiger partial charge is 0.328 e. The van der Waals surface area contributed by atoms with Gasteiger partial charge in [0, 0.05) is 6.08 Å². The van der Waals surface area contributed by atoms with Crippen LogP contribution in [-0.4, -0.2) is 11.1 Å². The van der Waals surface area contributed by atoms with E-state index in [9.17, 15) is 4.79 Å². The average Bonchev–Trinajstić information content (AvgIpc) is 2.25. The second-order valence-corrected chi connectivity index (χ2v) is 3.79. The van der Waals surface area contributed by atoms with Crippen molar-refractivity contribution in [2.24, 2.45) is 5.92 Å². The van der Waals surface area contributed by atoms with Crippen LogP contribution in [0.2, 0.25) is 0 Å². The van der Waals surface area contributed by atoms with Crippen LogP contribution in [0.5, 0.6) is 0 Å². The van der Waals surface area contributed by atoms with Crippen LogP contribution in [0.4, 0.5) is 0 Å². The SMILES string of the molecule is CC(C)/C(=C/C(=O)O)c1cccc(C#N)c1. The summed E-state index contributed by atoms with van der Waals surface area (Å²) in [5, 5.41) is 17.6. The Kier molecular flexibility index (Phi) is 3.84. The van der Waals surface area contributed by atoms with Crippen LogP contribution in [0.15, 0.2) is 30.3 Å². The molecule has 16 heavy (non-hydrogen) atoms. The fourth-order valence-corrected chi connectivity index (χ4v) is 1.48. The zero-order valence-electron chi connectivity index (χ0n) is 9.27. The van der Waals surface area contributed by atoms with Crippen LogP contribution in [0.3, 0.4) is 0 Å². The minimum Gasteiger partial charge on any atom is -0.478 e. The first-order chi connectivity index (χ1) is 7.54. The van der Waals surface area contributed by atoms with E-state index in [1.54, 1.807) is 18.2 Å². The highest BCUT2D eigenvalue weighted by molar-refractivity contribution is 5.90. The Bertz CT molecular complexity index is 467. The summed E-state index contributed by atoms with van der Waals surface area (Å²) >= 11 is 0. The van der Waals surface area contributed by atoms with E-state index in [4.69, 9.17) is 10.4 Å². The predicted molar refractivity (Wildman–Crippen MR) is 61.6 cm³/mol. The van der Waals surface area contributed by atoms with Gasteiger partial charge < -0.3 is 5.11 Å². The summed E-state index contributed by atoms with van der Waals surface area (Å²) in [6.45, 7) is 3.85. The lowest BCUT2D eigenvalue weighted by atomic mass is 9.94. The number of carboxylic acid groups (broad SMARTS) is 1. The van der Waals surface area contributed by atoms with Gasteiger partial charge in [0.05, 0.1) is 11.6 Å². The molecule has 0 aliphatic heterocycles. The van der Waals surface area contributed by atoms with Crippen molar-refractivity contribution in [1.82, 2.24) is 0 Å². The molecule has 1 aromatic carbocycles. The van der Waals surface area contributed by atoms with Crippen LogP contribution < -0.4 is 0 Å². The molecule has 0 amide bonds. The molecule has 0 heterocycles. The van der Waals surface area contributed by atoms with Crippen molar-refractivity contribution < 1.29 is 9.90 Å². The van der Waals surface area contributed by atoms with Gasteiger partial charge in [-0.15, -0.1) is 0 Å². The fraction of sp³-hybridized carbons (Fsp3) is 0.231. The number of carbonyl (C=O) groups is 1. The first-order valence-corrected chi connectivity index (χ1v) is 4.99. The molecule has 0 atom stereocenters. The summed E-state index contributed by atoms with van der Waals surface area (Å²) in [7, 11) is 0. The molecule has 0 saturated carbocycles. The van der Waals surface area contributed by atoms with Crippen molar-refractivity contribution in [2.45, 2.75) is 13.8 Å². The lowest BCUT2D eigenvalue weighted by molar-refractivity contribution is -0.131. The average molecular weight is 215 g/mol. The maximum Gasteiger partial charge on any atom is 0.328 e. The molecule has 1 rings (SSSR count). The van der Waals surface area contributed by atoms with Crippen molar-refractivity contribution in [1.29, 1.82) is 5.26 Å². The number of carboxylic acids is 1. The Hall–Kier alpha value is -2.08. The second kappa shape index (κ2) is 5.13. The third kappa shape index (κ3) is 2.96. The van der Waals surface area contributed by atoms with Crippen molar-refractivity contribution in [3.05, 3.63) is 41.5 Å². The molecule has 0 bridgehead atoms. The normalized spacial score (nSPS) is 11.2. The van der Waals surface area contributed by atoms with E-state index in [-0.39, 0.29) is 5.92 Å². The number of hydrogen-bond acceptors (Lipinski definition) is 2. The van der Waals surface area contributed by atoms with Crippen molar-refractivity contribution in [3.8, 4) is 6.07 Å². The molecular weight excluding hydrogens is 202 g/mol. The fourth-order valence-electron chi connectivity index (χ4n) is 1.48.